The maximum absolute atomic E-state index is 12.1. The van der Waals surface area contributed by atoms with Crippen LogP contribution in [0.4, 0.5) is 4.79 Å². The van der Waals surface area contributed by atoms with Crippen LogP contribution in [0.25, 0.3) is 0 Å². The number of imide groups is 1. The second kappa shape index (κ2) is 7.73. The molecule has 0 bridgehead atoms. The average molecular weight is 450 g/mol. The number of aliphatic hydroxyl groups is 2. The molecule has 174 valence electrons. The summed E-state index contributed by atoms with van der Waals surface area (Å²) in [6, 6.07) is 0. The first-order valence-corrected chi connectivity index (χ1v) is 13.4. The minimum absolute atomic E-state index is 0.119. The third kappa shape index (κ3) is 3.42. The van der Waals surface area contributed by atoms with Crippen molar-refractivity contribution in [2.45, 2.75) is 96.0 Å². The van der Waals surface area contributed by atoms with Crippen LogP contribution in [-0.4, -0.2) is 38.8 Å². The molecule has 5 fully saturated rings. The first-order valence-electron chi connectivity index (χ1n) is 12.5. The Kier molecular flexibility index (Phi) is 5.54. The molecule has 0 aromatic rings. The van der Waals surface area contributed by atoms with Crippen molar-refractivity contribution in [3.05, 3.63) is 0 Å². The van der Waals surface area contributed by atoms with Crippen LogP contribution in [0, 0.1) is 46.3 Å². The number of carbonyl (C=O) groups is 2. The van der Waals surface area contributed by atoms with Gasteiger partial charge in [0.25, 0.3) is 5.24 Å². The topological polar surface area (TPSA) is 86.6 Å². The number of nitrogens with one attached hydrogen (secondary N) is 1. The van der Waals surface area contributed by atoms with Gasteiger partial charge in [-0.1, -0.05) is 32.5 Å². The number of thioether (sulfide) groups is 1. The van der Waals surface area contributed by atoms with Gasteiger partial charge < -0.3 is 10.2 Å². The normalized spacial score (nSPS) is 52.8. The summed E-state index contributed by atoms with van der Waals surface area (Å²) < 4.78 is 0. The summed E-state index contributed by atoms with van der Waals surface area (Å²) in [6.07, 6.45) is 8.77. The van der Waals surface area contributed by atoms with Crippen LogP contribution in [0.2, 0.25) is 0 Å². The molecule has 5 rings (SSSR count). The summed E-state index contributed by atoms with van der Waals surface area (Å²) in [5, 5.41) is 23.6. The van der Waals surface area contributed by atoms with Crippen LogP contribution in [-0.2, 0) is 4.79 Å². The summed E-state index contributed by atoms with van der Waals surface area (Å²) in [7, 11) is 0. The predicted molar refractivity (Wildman–Crippen MR) is 121 cm³/mol. The Balaban J connectivity index is 1.35. The minimum atomic E-state index is -0.249. The Morgan fingerprint density at radius 3 is 2.45 bits per heavy atom. The lowest BCUT2D eigenvalue weighted by molar-refractivity contribution is -0.174. The fraction of sp³-hybridized carbons (Fsp3) is 0.920. The van der Waals surface area contributed by atoms with E-state index in [0.717, 1.165) is 43.9 Å². The van der Waals surface area contributed by atoms with Crippen molar-refractivity contribution in [2.75, 3.05) is 0 Å². The first-order chi connectivity index (χ1) is 14.6. The molecule has 5 aliphatic rings. The van der Waals surface area contributed by atoms with Gasteiger partial charge in [0, 0.05) is 0 Å². The first kappa shape index (κ1) is 22.2. The molecule has 1 saturated heterocycles. The Morgan fingerprint density at radius 1 is 1.03 bits per heavy atom. The largest absolute Gasteiger partial charge is 0.393 e. The molecule has 6 heteroatoms. The van der Waals surface area contributed by atoms with Gasteiger partial charge in [0.1, 0.15) is 0 Å². The molecule has 0 aromatic carbocycles. The molecule has 1 aliphatic heterocycles. The number of hydrogen-bond donors (Lipinski definition) is 3. The second-order valence-corrected chi connectivity index (χ2v) is 13.2. The van der Waals surface area contributed by atoms with Crippen molar-refractivity contribution in [1.82, 2.24) is 5.32 Å². The molecule has 4 aliphatic carbocycles. The van der Waals surface area contributed by atoms with Gasteiger partial charge in [-0.25, -0.2) is 0 Å². The number of hydrogen-bond acceptors (Lipinski definition) is 5. The van der Waals surface area contributed by atoms with E-state index in [1.165, 1.54) is 25.7 Å². The highest BCUT2D eigenvalue weighted by molar-refractivity contribution is 8.15. The molecule has 2 amide bonds. The third-order valence-electron chi connectivity index (χ3n) is 10.8. The van der Waals surface area contributed by atoms with Crippen molar-refractivity contribution < 1.29 is 19.8 Å². The van der Waals surface area contributed by atoms with Crippen molar-refractivity contribution in [2.24, 2.45) is 46.3 Å². The average Bonchev–Trinajstić information content (AvgIpc) is 3.21. The van der Waals surface area contributed by atoms with Crippen molar-refractivity contribution in [3.63, 3.8) is 0 Å². The molecule has 4 saturated carbocycles. The van der Waals surface area contributed by atoms with E-state index in [1.807, 2.05) is 0 Å². The van der Waals surface area contributed by atoms with Gasteiger partial charge in [0.2, 0.25) is 5.91 Å². The maximum atomic E-state index is 12.1. The van der Waals surface area contributed by atoms with Crippen molar-refractivity contribution in [1.29, 1.82) is 0 Å². The third-order valence-corrected chi connectivity index (χ3v) is 11.8. The molecular weight excluding hydrogens is 410 g/mol. The lowest BCUT2D eigenvalue weighted by Gasteiger charge is -2.62. The zero-order valence-corrected chi connectivity index (χ0v) is 20.0. The zero-order valence-electron chi connectivity index (χ0n) is 19.2. The van der Waals surface area contributed by atoms with Crippen LogP contribution in [0.1, 0.15) is 78.6 Å². The van der Waals surface area contributed by atoms with Gasteiger partial charge in [-0.15, -0.1) is 0 Å². The molecule has 0 aromatic heterocycles. The Bertz CT molecular complexity index is 760. The maximum Gasteiger partial charge on any atom is 0.286 e. The van der Waals surface area contributed by atoms with Crippen molar-refractivity contribution in [3.8, 4) is 0 Å². The predicted octanol–water partition coefficient (Wildman–Crippen LogP) is 4.35. The number of fused-ring (bicyclic) bond motifs is 5. The van der Waals surface area contributed by atoms with Crippen LogP contribution in [0.15, 0.2) is 0 Å². The smallest absolute Gasteiger partial charge is 0.286 e. The fourth-order valence-corrected chi connectivity index (χ4v) is 10.2. The lowest BCUT2D eigenvalue weighted by Crippen LogP contribution is -2.58. The Morgan fingerprint density at radius 2 is 1.74 bits per heavy atom. The van der Waals surface area contributed by atoms with Crippen LogP contribution in [0.3, 0.4) is 0 Å². The number of amides is 2. The van der Waals surface area contributed by atoms with Crippen LogP contribution >= 0.6 is 11.8 Å². The quantitative estimate of drug-likeness (QED) is 0.596. The van der Waals surface area contributed by atoms with E-state index in [4.69, 9.17) is 0 Å². The highest BCUT2D eigenvalue weighted by Gasteiger charge is 2.63. The minimum Gasteiger partial charge on any atom is -0.393 e. The number of rotatable bonds is 3. The number of aliphatic hydroxyl groups excluding tert-OH is 2. The zero-order chi connectivity index (χ0) is 22.1. The highest BCUT2D eigenvalue weighted by Crippen LogP contribution is 2.68. The SMILES string of the molecule is C[C@H](C[C@H]1SC(=O)NC1=O)C1CCC2C3C(CC[C@@]21C)[C@@]1(C)CC[C@@H](O)C[C@H]1C[C@H]3O. The summed E-state index contributed by atoms with van der Waals surface area (Å²) in [6.45, 7) is 7.19. The van der Waals surface area contributed by atoms with E-state index in [2.05, 4.69) is 26.1 Å². The monoisotopic (exact) mass is 449 g/mol. The van der Waals surface area contributed by atoms with Crippen LogP contribution < -0.4 is 5.32 Å². The highest BCUT2D eigenvalue weighted by atomic mass is 32.2. The molecule has 1 heterocycles. The number of carbonyl (C=O) groups excluding carboxylic acids is 2. The van der Waals surface area contributed by atoms with E-state index in [9.17, 15) is 19.8 Å². The Hall–Kier alpha value is -0.590. The van der Waals surface area contributed by atoms with Crippen molar-refractivity contribution >= 4 is 22.9 Å². The van der Waals surface area contributed by atoms with Gasteiger partial charge in [0.15, 0.2) is 0 Å². The summed E-state index contributed by atoms with van der Waals surface area (Å²) in [4.78, 5) is 23.7. The molecule has 5 nitrogen and oxygen atoms in total. The molecule has 3 N–H and O–H groups in total. The summed E-state index contributed by atoms with van der Waals surface area (Å²) in [5.41, 5.74) is 0.468. The molecule has 0 spiro atoms. The van der Waals surface area contributed by atoms with Gasteiger partial charge in [0.05, 0.1) is 17.5 Å². The van der Waals surface area contributed by atoms with E-state index in [-0.39, 0.29) is 39.4 Å². The molecule has 0 radical (unpaired) electrons. The fourth-order valence-electron chi connectivity index (χ4n) is 9.23. The lowest BCUT2D eigenvalue weighted by atomic mass is 9.43. The summed E-state index contributed by atoms with van der Waals surface area (Å²) >= 11 is 1.16. The Labute approximate surface area is 190 Å². The van der Waals surface area contributed by atoms with Crippen LogP contribution in [0.5, 0.6) is 0 Å². The van der Waals surface area contributed by atoms with E-state index in [0.29, 0.717) is 35.5 Å². The van der Waals surface area contributed by atoms with E-state index < -0.39 is 0 Å². The standard InChI is InChI=1S/C25H39NO4S/c1-13(10-20-22(29)26-23(30)31-20)16-4-5-17-21-18(7-9-25(16,17)3)24(2)8-6-15(27)11-14(24)12-19(21)28/h13-21,27-28H,4-12H2,1-3H3,(H,26,29,30)/t13-,14+,15-,16?,17?,18?,19-,20-,21?,24+,25-/m1/s1. The summed E-state index contributed by atoms with van der Waals surface area (Å²) in [5.74, 6) is 2.76. The van der Waals surface area contributed by atoms with Gasteiger partial charge in [-0.3, -0.25) is 14.9 Å². The van der Waals surface area contributed by atoms with Gasteiger partial charge >= 0.3 is 0 Å². The van der Waals surface area contributed by atoms with Gasteiger partial charge in [-0.2, -0.15) is 0 Å². The molecule has 31 heavy (non-hydrogen) atoms. The second-order valence-electron chi connectivity index (χ2n) is 12.0. The molecule has 11 atom stereocenters. The molecule has 4 unspecified atom stereocenters. The van der Waals surface area contributed by atoms with E-state index >= 15 is 0 Å². The van der Waals surface area contributed by atoms with Gasteiger partial charge in [-0.05, 0) is 104 Å². The molecular formula is C25H39NO4S. The van der Waals surface area contributed by atoms with E-state index in [1.54, 1.807) is 0 Å².